The first kappa shape index (κ1) is 15.0. The molecule has 1 aliphatic rings. The number of aryl methyl sites for hydroxylation is 3. The van der Waals surface area contributed by atoms with E-state index in [2.05, 4.69) is 32.0 Å². The van der Waals surface area contributed by atoms with Gasteiger partial charge in [-0.05, 0) is 45.2 Å². The fourth-order valence-corrected chi connectivity index (χ4v) is 2.91. The second-order valence-electron chi connectivity index (χ2n) is 5.99. The van der Waals surface area contributed by atoms with Crippen LogP contribution in [0.3, 0.4) is 0 Å². The summed E-state index contributed by atoms with van der Waals surface area (Å²) < 4.78 is 5.67. The molecule has 1 aliphatic heterocycles. The molecule has 3 nitrogen and oxygen atoms in total. The van der Waals surface area contributed by atoms with Gasteiger partial charge in [0.25, 0.3) is 0 Å². The molecule has 0 radical (unpaired) electrons. The average molecular weight is 275 g/mol. The number of ether oxygens (including phenoxy) is 1. The molecule has 1 aromatic carbocycles. The quantitative estimate of drug-likeness (QED) is 0.849. The Morgan fingerprint density at radius 2 is 1.90 bits per heavy atom. The van der Waals surface area contributed by atoms with E-state index in [1.54, 1.807) is 0 Å². The van der Waals surface area contributed by atoms with Crippen molar-refractivity contribution in [1.82, 2.24) is 4.90 Å². The highest BCUT2D eigenvalue weighted by Gasteiger charge is 2.25. The maximum absolute atomic E-state index is 12.3. The third kappa shape index (κ3) is 3.83. The van der Waals surface area contributed by atoms with Gasteiger partial charge < -0.3 is 9.64 Å². The zero-order valence-electron chi connectivity index (χ0n) is 13.0. The molecule has 1 amide bonds. The summed E-state index contributed by atoms with van der Waals surface area (Å²) in [5.41, 5.74) is 3.83. The monoisotopic (exact) mass is 275 g/mol. The third-order valence-corrected chi connectivity index (χ3v) is 3.88. The molecule has 2 atom stereocenters. The Balaban J connectivity index is 1.91. The molecule has 2 rings (SSSR count). The number of rotatable bonds is 3. The summed E-state index contributed by atoms with van der Waals surface area (Å²) in [6.45, 7) is 9.70. The summed E-state index contributed by atoms with van der Waals surface area (Å²) in [6.07, 6.45) is 1.70. The lowest BCUT2D eigenvalue weighted by molar-refractivity contribution is -0.143. The van der Waals surface area contributed by atoms with Gasteiger partial charge in [0.05, 0.1) is 12.2 Å². The van der Waals surface area contributed by atoms with E-state index in [1.165, 1.54) is 16.7 Å². The van der Waals surface area contributed by atoms with Gasteiger partial charge in [0.1, 0.15) is 0 Å². The van der Waals surface area contributed by atoms with E-state index < -0.39 is 0 Å². The number of amides is 1. The van der Waals surface area contributed by atoms with Crippen molar-refractivity contribution in [3.05, 3.63) is 34.9 Å². The normalized spacial score (nSPS) is 22.9. The van der Waals surface area contributed by atoms with Crippen molar-refractivity contribution in [2.45, 2.75) is 52.7 Å². The summed E-state index contributed by atoms with van der Waals surface area (Å²) in [5.74, 6) is 0.243. The van der Waals surface area contributed by atoms with Crippen LogP contribution < -0.4 is 0 Å². The highest BCUT2D eigenvalue weighted by atomic mass is 16.5. The van der Waals surface area contributed by atoms with E-state index in [9.17, 15) is 4.79 Å². The molecule has 0 spiro atoms. The zero-order chi connectivity index (χ0) is 14.7. The summed E-state index contributed by atoms with van der Waals surface area (Å²) in [6, 6.07) is 6.44. The third-order valence-electron chi connectivity index (χ3n) is 3.88. The van der Waals surface area contributed by atoms with E-state index in [4.69, 9.17) is 4.74 Å². The van der Waals surface area contributed by atoms with Crippen molar-refractivity contribution in [1.29, 1.82) is 0 Å². The van der Waals surface area contributed by atoms with Gasteiger partial charge in [-0.3, -0.25) is 4.79 Å². The minimum absolute atomic E-state index is 0.142. The van der Waals surface area contributed by atoms with Gasteiger partial charge in [0.2, 0.25) is 5.91 Å². The Kier molecular flexibility index (Phi) is 4.81. The maximum Gasteiger partial charge on any atom is 0.223 e. The first-order valence-electron chi connectivity index (χ1n) is 7.45. The minimum Gasteiger partial charge on any atom is -0.372 e. The number of benzene rings is 1. The van der Waals surface area contributed by atoms with Crippen LogP contribution in [0, 0.1) is 13.8 Å². The highest BCUT2D eigenvalue weighted by molar-refractivity contribution is 5.76. The second-order valence-corrected chi connectivity index (χ2v) is 5.99. The van der Waals surface area contributed by atoms with Gasteiger partial charge in [-0.15, -0.1) is 0 Å². The maximum atomic E-state index is 12.3. The lowest BCUT2D eigenvalue weighted by atomic mass is 10.0. The van der Waals surface area contributed by atoms with Crippen LogP contribution in [-0.2, 0) is 16.0 Å². The van der Waals surface area contributed by atoms with Crippen LogP contribution >= 0.6 is 0 Å². The molecule has 110 valence electrons. The molecule has 0 saturated carbocycles. The molecule has 20 heavy (non-hydrogen) atoms. The number of hydrogen-bond acceptors (Lipinski definition) is 2. The first-order valence-corrected chi connectivity index (χ1v) is 7.45. The largest absolute Gasteiger partial charge is 0.372 e. The number of carbonyl (C=O) groups is 1. The molecule has 0 aromatic heterocycles. The molecular formula is C17H25NO2. The smallest absolute Gasteiger partial charge is 0.223 e. The van der Waals surface area contributed by atoms with Crippen molar-refractivity contribution in [3.8, 4) is 0 Å². The summed E-state index contributed by atoms with van der Waals surface area (Å²) in [5, 5.41) is 0. The standard InChI is InChI=1S/C17H25NO2/c1-12-5-6-16(13(2)9-12)7-8-17(19)18-10-14(3)20-15(4)11-18/h5-6,9,14-15H,7-8,10-11H2,1-4H3. The van der Waals surface area contributed by atoms with Crippen LogP contribution in [0.5, 0.6) is 0 Å². The highest BCUT2D eigenvalue weighted by Crippen LogP contribution is 2.15. The van der Waals surface area contributed by atoms with Crippen molar-refractivity contribution in [2.75, 3.05) is 13.1 Å². The Bertz CT molecular complexity index is 474. The fourth-order valence-electron chi connectivity index (χ4n) is 2.91. The Morgan fingerprint density at radius 3 is 2.50 bits per heavy atom. The van der Waals surface area contributed by atoms with E-state index >= 15 is 0 Å². The van der Waals surface area contributed by atoms with Crippen molar-refractivity contribution < 1.29 is 9.53 Å². The van der Waals surface area contributed by atoms with Gasteiger partial charge in [0, 0.05) is 19.5 Å². The van der Waals surface area contributed by atoms with Crippen LogP contribution in [0.2, 0.25) is 0 Å². The van der Waals surface area contributed by atoms with Crippen molar-refractivity contribution in [3.63, 3.8) is 0 Å². The van der Waals surface area contributed by atoms with E-state index in [0.29, 0.717) is 6.42 Å². The predicted molar refractivity (Wildman–Crippen MR) is 80.8 cm³/mol. The number of nitrogens with zero attached hydrogens (tertiary/aromatic N) is 1. The van der Waals surface area contributed by atoms with Gasteiger partial charge in [0.15, 0.2) is 0 Å². The molecular weight excluding hydrogens is 250 g/mol. The molecule has 0 bridgehead atoms. The van der Waals surface area contributed by atoms with Gasteiger partial charge in [-0.2, -0.15) is 0 Å². The SMILES string of the molecule is Cc1ccc(CCC(=O)N2CC(C)OC(C)C2)c(C)c1. The van der Waals surface area contributed by atoms with Crippen LogP contribution in [0.15, 0.2) is 18.2 Å². The van der Waals surface area contributed by atoms with Crippen molar-refractivity contribution >= 4 is 5.91 Å². The topological polar surface area (TPSA) is 29.5 Å². The van der Waals surface area contributed by atoms with Crippen LogP contribution in [0.1, 0.15) is 37.0 Å². The summed E-state index contributed by atoms with van der Waals surface area (Å²) in [4.78, 5) is 14.3. The Morgan fingerprint density at radius 1 is 1.25 bits per heavy atom. The lowest BCUT2D eigenvalue weighted by Gasteiger charge is -2.35. The average Bonchev–Trinajstić information content (AvgIpc) is 2.36. The predicted octanol–water partition coefficient (Wildman–Crippen LogP) is 2.87. The molecule has 1 saturated heterocycles. The molecule has 0 aliphatic carbocycles. The van der Waals surface area contributed by atoms with Gasteiger partial charge in [-0.1, -0.05) is 23.8 Å². The molecule has 1 heterocycles. The molecule has 0 N–H and O–H groups in total. The van der Waals surface area contributed by atoms with E-state index in [0.717, 1.165) is 19.5 Å². The van der Waals surface area contributed by atoms with Crippen LogP contribution in [0.25, 0.3) is 0 Å². The Labute approximate surface area is 121 Å². The molecule has 2 unspecified atom stereocenters. The number of hydrogen-bond donors (Lipinski definition) is 0. The van der Waals surface area contributed by atoms with Crippen LogP contribution in [0.4, 0.5) is 0 Å². The molecule has 1 aromatic rings. The summed E-state index contributed by atoms with van der Waals surface area (Å²) in [7, 11) is 0. The van der Waals surface area contributed by atoms with E-state index in [1.807, 2.05) is 18.7 Å². The lowest BCUT2D eigenvalue weighted by Crippen LogP contribution is -2.48. The van der Waals surface area contributed by atoms with Crippen LogP contribution in [-0.4, -0.2) is 36.1 Å². The Hall–Kier alpha value is -1.35. The van der Waals surface area contributed by atoms with E-state index in [-0.39, 0.29) is 18.1 Å². The molecule has 3 heteroatoms. The zero-order valence-corrected chi connectivity index (χ0v) is 13.0. The summed E-state index contributed by atoms with van der Waals surface area (Å²) >= 11 is 0. The van der Waals surface area contributed by atoms with Gasteiger partial charge >= 0.3 is 0 Å². The van der Waals surface area contributed by atoms with Gasteiger partial charge in [-0.25, -0.2) is 0 Å². The second kappa shape index (κ2) is 6.40. The minimum atomic E-state index is 0.142. The first-order chi connectivity index (χ1) is 9.45. The molecule has 1 fully saturated rings. The number of morpholine rings is 1. The van der Waals surface area contributed by atoms with Crippen molar-refractivity contribution in [2.24, 2.45) is 0 Å². The fraction of sp³-hybridized carbons (Fsp3) is 0.588. The number of carbonyl (C=O) groups excluding carboxylic acids is 1.